The van der Waals surface area contributed by atoms with Crippen molar-refractivity contribution in [2.75, 3.05) is 0 Å². The molecule has 2 aromatic carbocycles. The van der Waals surface area contributed by atoms with Crippen LogP contribution < -0.4 is 4.74 Å². The molecule has 0 aromatic heterocycles. The quantitative estimate of drug-likeness (QED) is 0.744. The molecule has 0 atom stereocenters. The number of carbonyl (C=O) groups is 1. The standard InChI is InChI=1S/C13H8BrIO3/c14-12-7-10(4-5-11(12)13(16)17)18-9-3-1-2-8(15)6-9/h1-7H,(H,16,17). The third-order valence-electron chi connectivity index (χ3n) is 2.20. The lowest BCUT2D eigenvalue weighted by Crippen LogP contribution is -1.97. The third kappa shape index (κ3) is 3.23. The summed E-state index contributed by atoms with van der Waals surface area (Å²) >= 11 is 5.42. The summed E-state index contributed by atoms with van der Waals surface area (Å²) in [4.78, 5) is 10.9. The minimum atomic E-state index is -0.970. The number of ether oxygens (including phenoxy) is 1. The first-order valence-electron chi connectivity index (χ1n) is 5.02. The molecule has 0 saturated heterocycles. The van der Waals surface area contributed by atoms with Crippen LogP contribution >= 0.6 is 38.5 Å². The van der Waals surface area contributed by atoms with Crippen molar-refractivity contribution in [3.63, 3.8) is 0 Å². The first kappa shape index (κ1) is 13.4. The van der Waals surface area contributed by atoms with Crippen LogP contribution in [0.1, 0.15) is 10.4 Å². The van der Waals surface area contributed by atoms with Gasteiger partial charge in [-0.05, 0) is 74.9 Å². The summed E-state index contributed by atoms with van der Waals surface area (Å²) in [5, 5.41) is 8.91. The van der Waals surface area contributed by atoms with Gasteiger partial charge >= 0.3 is 5.97 Å². The molecule has 0 radical (unpaired) electrons. The monoisotopic (exact) mass is 418 g/mol. The van der Waals surface area contributed by atoms with Crippen molar-refractivity contribution in [2.24, 2.45) is 0 Å². The Bertz CT molecular complexity index is 599. The molecule has 2 rings (SSSR count). The van der Waals surface area contributed by atoms with Crippen molar-refractivity contribution in [3.05, 3.63) is 56.1 Å². The minimum Gasteiger partial charge on any atom is -0.478 e. The number of carboxylic acid groups (broad SMARTS) is 1. The first-order valence-corrected chi connectivity index (χ1v) is 6.90. The van der Waals surface area contributed by atoms with Crippen molar-refractivity contribution < 1.29 is 14.6 Å². The average Bonchev–Trinajstić information content (AvgIpc) is 2.28. The van der Waals surface area contributed by atoms with Gasteiger partial charge < -0.3 is 9.84 Å². The molecule has 0 aliphatic rings. The van der Waals surface area contributed by atoms with Gasteiger partial charge in [-0.3, -0.25) is 0 Å². The summed E-state index contributed by atoms with van der Waals surface area (Å²) in [6.45, 7) is 0. The largest absolute Gasteiger partial charge is 0.478 e. The molecule has 3 nitrogen and oxygen atoms in total. The fourth-order valence-electron chi connectivity index (χ4n) is 1.40. The second kappa shape index (κ2) is 5.71. The maximum Gasteiger partial charge on any atom is 0.336 e. The molecule has 5 heteroatoms. The number of halogens is 2. The highest BCUT2D eigenvalue weighted by Crippen LogP contribution is 2.27. The molecular formula is C13H8BrIO3. The molecule has 18 heavy (non-hydrogen) atoms. The van der Waals surface area contributed by atoms with E-state index >= 15 is 0 Å². The van der Waals surface area contributed by atoms with Crippen LogP contribution in [0, 0.1) is 3.57 Å². The lowest BCUT2D eigenvalue weighted by Gasteiger charge is -2.07. The Morgan fingerprint density at radius 1 is 1.17 bits per heavy atom. The van der Waals surface area contributed by atoms with Gasteiger partial charge in [-0.25, -0.2) is 4.79 Å². The normalized spacial score (nSPS) is 10.1. The van der Waals surface area contributed by atoms with Crippen molar-refractivity contribution >= 4 is 44.5 Å². The van der Waals surface area contributed by atoms with Gasteiger partial charge in [-0.15, -0.1) is 0 Å². The molecule has 0 spiro atoms. The van der Waals surface area contributed by atoms with E-state index in [1.807, 2.05) is 24.3 Å². The Hall–Kier alpha value is -1.08. The fourth-order valence-corrected chi connectivity index (χ4v) is 2.44. The molecule has 0 heterocycles. The molecule has 2 aromatic rings. The lowest BCUT2D eigenvalue weighted by molar-refractivity contribution is 0.0696. The predicted molar refractivity (Wildman–Crippen MR) is 80.3 cm³/mol. The lowest BCUT2D eigenvalue weighted by atomic mass is 10.2. The van der Waals surface area contributed by atoms with Gasteiger partial charge in [0.2, 0.25) is 0 Å². The summed E-state index contributed by atoms with van der Waals surface area (Å²) in [6.07, 6.45) is 0. The van der Waals surface area contributed by atoms with Crippen molar-refractivity contribution in [3.8, 4) is 11.5 Å². The summed E-state index contributed by atoms with van der Waals surface area (Å²) < 4.78 is 7.22. The molecule has 0 amide bonds. The molecule has 0 aliphatic carbocycles. The van der Waals surface area contributed by atoms with Gasteiger partial charge in [0.15, 0.2) is 0 Å². The van der Waals surface area contributed by atoms with E-state index < -0.39 is 5.97 Å². The highest BCUT2D eigenvalue weighted by molar-refractivity contribution is 14.1. The smallest absolute Gasteiger partial charge is 0.336 e. The van der Waals surface area contributed by atoms with Crippen molar-refractivity contribution in [1.82, 2.24) is 0 Å². The van der Waals surface area contributed by atoms with Crippen LogP contribution in [0.2, 0.25) is 0 Å². The fraction of sp³-hybridized carbons (Fsp3) is 0. The van der Waals surface area contributed by atoms with Crippen molar-refractivity contribution in [2.45, 2.75) is 0 Å². The van der Waals surface area contributed by atoms with Gasteiger partial charge in [-0.1, -0.05) is 6.07 Å². The highest BCUT2D eigenvalue weighted by Gasteiger charge is 2.09. The zero-order valence-corrected chi connectivity index (χ0v) is 12.8. The minimum absolute atomic E-state index is 0.213. The molecule has 1 N–H and O–H groups in total. The molecule has 92 valence electrons. The zero-order valence-electron chi connectivity index (χ0n) is 9.06. The van der Waals surface area contributed by atoms with Gasteiger partial charge in [0.25, 0.3) is 0 Å². The number of hydrogen-bond donors (Lipinski definition) is 1. The van der Waals surface area contributed by atoms with Gasteiger partial charge in [0.05, 0.1) is 5.56 Å². The number of hydrogen-bond acceptors (Lipinski definition) is 2. The van der Waals surface area contributed by atoms with Crippen LogP contribution in [-0.4, -0.2) is 11.1 Å². The van der Waals surface area contributed by atoms with Crippen molar-refractivity contribution in [1.29, 1.82) is 0 Å². The van der Waals surface area contributed by atoms with E-state index in [0.29, 0.717) is 10.2 Å². The Labute approximate surface area is 126 Å². The second-order valence-corrected chi connectivity index (χ2v) is 5.61. The summed E-state index contributed by atoms with van der Waals surface area (Å²) in [5.41, 5.74) is 0.213. The molecule has 0 saturated carbocycles. The molecule has 0 aliphatic heterocycles. The van der Waals surface area contributed by atoms with E-state index in [4.69, 9.17) is 9.84 Å². The number of carboxylic acids is 1. The van der Waals surface area contributed by atoms with E-state index in [1.54, 1.807) is 12.1 Å². The second-order valence-electron chi connectivity index (χ2n) is 3.51. The predicted octanol–water partition coefficient (Wildman–Crippen LogP) is 4.54. The topological polar surface area (TPSA) is 46.5 Å². The Kier molecular flexibility index (Phi) is 4.23. The van der Waals surface area contributed by atoms with Crippen LogP contribution in [0.5, 0.6) is 11.5 Å². The van der Waals surface area contributed by atoms with Crippen LogP contribution in [0.4, 0.5) is 0 Å². The Morgan fingerprint density at radius 2 is 1.89 bits per heavy atom. The van der Waals surface area contributed by atoms with E-state index in [0.717, 1.165) is 9.32 Å². The van der Waals surface area contributed by atoms with E-state index in [-0.39, 0.29) is 5.56 Å². The number of rotatable bonds is 3. The molecular weight excluding hydrogens is 411 g/mol. The molecule has 0 fully saturated rings. The van der Waals surface area contributed by atoms with Crippen LogP contribution in [-0.2, 0) is 0 Å². The van der Waals surface area contributed by atoms with E-state index in [9.17, 15) is 4.79 Å². The maximum atomic E-state index is 10.9. The van der Waals surface area contributed by atoms with Crippen LogP contribution in [0.3, 0.4) is 0 Å². The van der Waals surface area contributed by atoms with E-state index in [2.05, 4.69) is 38.5 Å². The zero-order chi connectivity index (χ0) is 13.1. The summed E-state index contributed by atoms with van der Waals surface area (Å²) in [7, 11) is 0. The van der Waals surface area contributed by atoms with Crippen LogP contribution in [0.15, 0.2) is 46.9 Å². The summed E-state index contributed by atoms with van der Waals surface area (Å²) in [5.74, 6) is 0.341. The SMILES string of the molecule is O=C(O)c1ccc(Oc2cccc(I)c2)cc1Br. The molecule has 0 bridgehead atoms. The van der Waals surface area contributed by atoms with Crippen LogP contribution in [0.25, 0.3) is 0 Å². The van der Waals surface area contributed by atoms with Gasteiger partial charge in [-0.2, -0.15) is 0 Å². The maximum absolute atomic E-state index is 10.9. The first-order chi connectivity index (χ1) is 8.56. The van der Waals surface area contributed by atoms with Gasteiger partial charge in [0.1, 0.15) is 11.5 Å². The van der Waals surface area contributed by atoms with Gasteiger partial charge in [0, 0.05) is 8.04 Å². The highest BCUT2D eigenvalue weighted by atomic mass is 127. The number of aromatic carboxylic acids is 1. The van der Waals surface area contributed by atoms with E-state index in [1.165, 1.54) is 6.07 Å². The average molecular weight is 419 g/mol. The number of benzene rings is 2. The molecule has 0 unspecified atom stereocenters. The Morgan fingerprint density at radius 3 is 2.50 bits per heavy atom. The summed E-state index contributed by atoms with van der Waals surface area (Å²) in [6, 6.07) is 12.4. The Balaban J connectivity index is 2.25. The third-order valence-corrected chi connectivity index (χ3v) is 3.53.